The van der Waals surface area contributed by atoms with Gasteiger partial charge < -0.3 is 44.9 Å². The zero-order valence-electron chi connectivity index (χ0n) is 82.2. The molecule has 0 amide bonds. The van der Waals surface area contributed by atoms with E-state index >= 15 is 0 Å². The van der Waals surface area contributed by atoms with Crippen molar-refractivity contribution in [2.24, 2.45) is 0 Å². The van der Waals surface area contributed by atoms with Gasteiger partial charge in [-0.05, 0) is 189 Å². The van der Waals surface area contributed by atoms with Crippen LogP contribution in [0.2, 0.25) is 0 Å². The molecule has 24 rings (SSSR count). The smallest absolute Gasteiger partial charge is 0.0242 e. The minimum Gasteiger partial charge on any atom is -0.305 e. The van der Waals surface area contributed by atoms with Crippen molar-refractivity contribution in [3.8, 4) is 146 Å². The molecule has 9 nitrogen and oxygen atoms in total. The number of benzene rings is 14. The molecule has 0 saturated heterocycles. The summed E-state index contributed by atoms with van der Waals surface area (Å²) in [5.41, 5.74) is 33.9. The number of pyridine rings is 9. The van der Waals surface area contributed by atoms with Crippen LogP contribution in [0, 0.1) is 89.2 Å². The average Bonchev–Trinajstić information content (AvgIpc) is 1.63. The topological polar surface area (TPSA) is 116 Å². The van der Waals surface area contributed by atoms with Gasteiger partial charge in [0.1, 0.15) is 0 Å². The second kappa shape index (κ2) is 61.5. The van der Waals surface area contributed by atoms with Crippen LogP contribution in [0.5, 0.6) is 0 Å². The molecule has 0 bridgehead atoms. The van der Waals surface area contributed by atoms with Gasteiger partial charge in [0.15, 0.2) is 0 Å². The molecule has 0 atom stereocenters. The Balaban J connectivity index is 0.000000159. The van der Waals surface area contributed by atoms with Gasteiger partial charge >= 0.3 is 0 Å². The van der Waals surface area contributed by atoms with E-state index in [9.17, 15) is 0 Å². The van der Waals surface area contributed by atoms with Gasteiger partial charge in [-0.25, -0.2) is 0 Å². The Morgan fingerprint density at radius 1 is 0.174 bits per heavy atom. The van der Waals surface area contributed by atoms with Gasteiger partial charge in [0.05, 0.1) is 0 Å². The molecule has 0 spiro atoms. The maximum Gasteiger partial charge on any atom is 0.0242 e. The third kappa shape index (κ3) is 34.5. The summed E-state index contributed by atoms with van der Waals surface area (Å²) in [5, 5.41) is 2.61. The molecule has 0 saturated carbocycles. The third-order valence-electron chi connectivity index (χ3n) is 22.6. The van der Waals surface area contributed by atoms with Crippen LogP contribution < -0.4 is 0 Å². The van der Waals surface area contributed by atoms with Gasteiger partial charge in [0.2, 0.25) is 0 Å². The van der Waals surface area contributed by atoms with Crippen molar-refractivity contribution < 1.29 is 101 Å². The maximum absolute atomic E-state index is 4.55. The van der Waals surface area contributed by atoms with Gasteiger partial charge in [-0.1, -0.05) is 228 Å². The molecular weight excluding hydrogens is 2730 g/mol. The van der Waals surface area contributed by atoms with Crippen LogP contribution in [0.3, 0.4) is 0 Å². The second-order valence-corrected chi connectivity index (χ2v) is 34.2. The Kier molecular flexibility index (Phi) is 47.1. The first-order valence-corrected chi connectivity index (χ1v) is 48.1. The first kappa shape index (κ1) is 114. The van der Waals surface area contributed by atoms with Gasteiger partial charge in [-0.2, -0.15) is 11.3 Å². The SMILES string of the molecule is Cc1cc(-c2[c-]cccc2)ncc1-c1ccccc1.Cc1cc(-c2[c-]cccc2)ncc1-c1ccccc1.Cc1cc(C)cc(-c2ccnc(-c3[c-]cccc3)c2)c1.Cc1ccnc(-c2[c-]cccc2)c1.[Ir].[Ir].[Ir].[Ir].[Ir].[c-]1cc2sc3ccccc3c2cc1-c1ccccn1.[c-]1ccccc1-c1cc(-c2ccccc2)ccn1.[c-]1ccccc1-c1ccccn1.[c-]1ccccc1-c1ccccn1.[c-]1ccccc1-c1ccccn1. The fourth-order valence-electron chi connectivity index (χ4n) is 15.5. The van der Waals surface area contributed by atoms with Crippen molar-refractivity contribution in [3.63, 3.8) is 0 Å². The molecule has 5 radical (unpaired) electrons. The summed E-state index contributed by atoms with van der Waals surface area (Å²) >= 11 is 1.81. The summed E-state index contributed by atoms with van der Waals surface area (Å²) in [5.74, 6) is 0. The van der Waals surface area contributed by atoms with E-state index in [1.807, 2.05) is 382 Å². The summed E-state index contributed by atoms with van der Waals surface area (Å²) in [6, 6.07) is 182. The van der Waals surface area contributed by atoms with Crippen molar-refractivity contribution in [1.82, 2.24) is 44.9 Å². The number of thiophene rings is 1. The van der Waals surface area contributed by atoms with Crippen LogP contribution in [-0.4, -0.2) is 44.9 Å². The molecule has 741 valence electrons. The summed E-state index contributed by atoms with van der Waals surface area (Å²) < 4.78 is 2.60. The molecule has 24 aromatic rings. The number of rotatable bonds is 13. The molecule has 14 aromatic carbocycles. The van der Waals surface area contributed by atoms with Crippen LogP contribution in [0.4, 0.5) is 0 Å². The molecule has 10 heterocycles. The molecule has 0 aliphatic carbocycles. The van der Waals surface area contributed by atoms with Crippen LogP contribution in [0.1, 0.15) is 27.8 Å². The predicted octanol–water partition coefficient (Wildman–Crippen LogP) is 33.5. The number of hydrogen-bond donors (Lipinski definition) is 0. The molecular formula is C134H100Ir5N9S-9. The van der Waals surface area contributed by atoms with Crippen molar-refractivity contribution in [1.29, 1.82) is 0 Å². The molecule has 10 aromatic heterocycles. The number of aromatic nitrogens is 9. The maximum atomic E-state index is 4.55. The van der Waals surface area contributed by atoms with E-state index in [0.717, 1.165) is 101 Å². The standard InChI is InChI=1S/C19H16N.2C18H14N.C17H10NS.C17H12N.C12H10N.3C11H8N.5Ir/c1-14-10-15(2)12-18(11-14)17-8-9-20-19(13-17)16-6-4-3-5-7-16;2*1-14-12-18(16-10-6-3-7-11-16)19-13-17(14)15-8-4-2-5-9-15;1-2-7-16-13(5-1)14-11-12(8-9-17(14)19-16)15-6-3-4-10-18-15;1-3-7-14(8-4-1)16-11-12-18-17(13-16)15-9-5-2-6-10-15;1-10-7-8-13-12(9-10)11-5-3-2-4-6-11;3*1-2-6-10(7-3-1)11-8-4-5-9-12-11;;;;;/h3-6,8-13H,1-2H3;2*2-10,12-13H,1H3;1-7,9-11H;1-9,11-13H;2-5,7-9H,1H3;3*1-6,8-9H;;;;;/q9*-1;;;;;. The van der Waals surface area contributed by atoms with Crippen molar-refractivity contribution in [2.45, 2.75) is 34.6 Å². The van der Waals surface area contributed by atoms with Gasteiger partial charge in [0, 0.05) is 172 Å². The number of hydrogen-bond acceptors (Lipinski definition) is 10. The van der Waals surface area contributed by atoms with E-state index < -0.39 is 0 Å². The first-order chi connectivity index (χ1) is 71.0. The number of nitrogens with zero attached hydrogens (tertiary/aromatic N) is 9. The van der Waals surface area contributed by atoms with E-state index in [0.29, 0.717) is 0 Å². The normalized spacial score (nSPS) is 9.91. The Hall–Kier alpha value is -15.1. The quantitative estimate of drug-likeness (QED) is 0.104. The third-order valence-corrected chi connectivity index (χ3v) is 23.7. The molecule has 15 heteroatoms. The fourth-order valence-corrected chi connectivity index (χ4v) is 16.6. The molecule has 0 N–H and O–H groups in total. The molecule has 149 heavy (non-hydrogen) atoms. The second-order valence-electron chi connectivity index (χ2n) is 33.1. The van der Waals surface area contributed by atoms with Crippen LogP contribution in [0.25, 0.3) is 166 Å². The van der Waals surface area contributed by atoms with Gasteiger partial charge in [0.25, 0.3) is 0 Å². The van der Waals surface area contributed by atoms with E-state index in [1.54, 1.807) is 18.6 Å². The molecule has 0 aliphatic rings. The van der Waals surface area contributed by atoms with E-state index in [1.165, 1.54) is 92.5 Å². The summed E-state index contributed by atoms with van der Waals surface area (Å²) in [4.78, 5) is 39.3. The largest absolute Gasteiger partial charge is 0.305 e. The minimum atomic E-state index is 0. The molecule has 0 unspecified atom stereocenters. The Morgan fingerprint density at radius 2 is 0.463 bits per heavy atom. The van der Waals surface area contributed by atoms with E-state index in [2.05, 4.69) is 261 Å². The van der Waals surface area contributed by atoms with E-state index in [4.69, 9.17) is 0 Å². The van der Waals surface area contributed by atoms with Crippen LogP contribution in [0.15, 0.2) is 517 Å². The number of aryl methyl sites for hydroxylation is 5. The van der Waals surface area contributed by atoms with Gasteiger partial charge in [-0.3, -0.25) is 0 Å². The van der Waals surface area contributed by atoms with Gasteiger partial charge in [-0.15, -0.1) is 311 Å². The zero-order chi connectivity index (χ0) is 98.7. The monoisotopic (exact) mass is 2830 g/mol. The number of fused-ring (bicyclic) bond motifs is 3. The van der Waals surface area contributed by atoms with E-state index in [-0.39, 0.29) is 101 Å². The summed E-state index contributed by atoms with van der Waals surface area (Å²) in [6.07, 6.45) is 16.6. The minimum absolute atomic E-state index is 0. The summed E-state index contributed by atoms with van der Waals surface area (Å²) in [6.45, 7) is 10.6. The Bertz CT molecular complexity index is 7500. The zero-order valence-corrected chi connectivity index (χ0v) is 95.0. The van der Waals surface area contributed by atoms with Crippen molar-refractivity contribution in [3.05, 3.63) is 599 Å². The summed E-state index contributed by atoms with van der Waals surface area (Å²) in [7, 11) is 0. The van der Waals surface area contributed by atoms with Crippen molar-refractivity contribution in [2.75, 3.05) is 0 Å². The predicted molar refractivity (Wildman–Crippen MR) is 595 cm³/mol. The molecule has 0 aliphatic heterocycles. The average molecular weight is 2830 g/mol. The Labute approximate surface area is 947 Å². The van der Waals surface area contributed by atoms with Crippen LogP contribution in [-0.2, 0) is 101 Å². The molecule has 0 fully saturated rings. The van der Waals surface area contributed by atoms with Crippen LogP contribution >= 0.6 is 11.3 Å². The fraction of sp³-hybridized carbons (Fsp3) is 0.0373. The first-order valence-electron chi connectivity index (χ1n) is 47.3. The van der Waals surface area contributed by atoms with Crippen molar-refractivity contribution >= 4 is 31.5 Å². The Morgan fingerprint density at radius 3 is 0.792 bits per heavy atom.